The number of ether oxygens (including phenoxy) is 2. The maximum atomic E-state index is 11.8. The third kappa shape index (κ3) is 2.94. The van der Waals surface area contributed by atoms with E-state index < -0.39 is 0 Å². The van der Waals surface area contributed by atoms with Crippen molar-refractivity contribution in [2.75, 3.05) is 6.79 Å². The highest BCUT2D eigenvalue weighted by Crippen LogP contribution is 2.31. The molecule has 0 aromatic heterocycles. The van der Waals surface area contributed by atoms with E-state index in [9.17, 15) is 4.79 Å². The van der Waals surface area contributed by atoms with Crippen molar-refractivity contribution in [1.29, 1.82) is 0 Å². The van der Waals surface area contributed by atoms with Crippen molar-refractivity contribution in [3.63, 3.8) is 0 Å². The molecule has 21 heavy (non-hydrogen) atoms. The molecule has 1 heterocycles. The summed E-state index contributed by atoms with van der Waals surface area (Å²) in [5.41, 5.74) is 3.61. The van der Waals surface area contributed by atoms with E-state index in [0.717, 1.165) is 5.56 Å². The number of phenolic OH excluding ortho intramolecular Hbond substituents is 1. The van der Waals surface area contributed by atoms with Gasteiger partial charge in [0.1, 0.15) is 5.75 Å². The highest BCUT2D eigenvalue weighted by Gasteiger charge is 2.12. The largest absolute Gasteiger partial charge is 0.508 e. The minimum atomic E-state index is -0.355. The molecule has 0 spiro atoms. The zero-order valence-electron chi connectivity index (χ0n) is 10.9. The highest BCUT2D eigenvalue weighted by molar-refractivity contribution is 5.95. The summed E-state index contributed by atoms with van der Waals surface area (Å²) in [5.74, 6) is 1.10. The van der Waals surface area contributed by atoms with E-state index in [1.165, 1.54) is 30.5 Å². The molecule has 1 aliphatic rings. The lowest BCUT2D eigenvalue weighted by atomic mass is 10.2. The number of nitrogens with zero attached hydrogens (tertiary/aromatic N) is 1. The van der Waals surface area contributed by atoms with Crippen molar-refractivity contribution in [2.45, 2.75) is 0 Å². The Morgan fingerprint density at radius 3 is 2.71 bits per heavy atom. The first kappa shape index (κ1) is 13.0. The van der Waals surface area contributed by atoms with Crippen LogP contribution in [0.2, 0.25) is 0 Å². The van der Waals surface area contributed by atoms with Gasteiger partial charge >= 0.3 is 0 Å². The normalized spacial score (nSPS) is 12.6. The summed E-state index contributed by atoms with van der Waals surface area (Å²) >= 11 is 0. The number of carbonyl (C=O) groups excluding carboxylic acids is 1. The molecule has 2 aromatic carbocycles. The smallest absolute Gasteiger partial charge is 0.271 e. The van der Waals surface area contributed by atoms with Crippen LogP contribution in [0.5, 0.6) is 17.2 Å². The predicted molar refractivity (Wildman–Crippen MR) is 75.7 cm³/mol. The van der Waals surface area contributed by atoms with Crippen LogP contribution in [-0.4, -0.2) is 24.0 Å². The molecule has 0 saturated carbocycles. The quantitative estimate of drug-likeness (QED) is 0.666. The van der Waals surface area contributed by atoms with Gasteiger partial charge in [-0.3, -0.25) is 4.79 Å². The van der Waals surface area contributed by atoms with E-state index in [0.29, 0.717) is 17.1 Å². The summed E-state index contributed by atoms with van der Waals surface area (Å²) in [7, 11) is 0. The van der Waals surface area contributed by atoms with Gasteiger partial charge in [0, 0.05) is 5.56 Å². The number of phenols is 1. The fourth-order valence-corrected chi connectivity index (χ4v) is 1.84. The summed E-state index contributed by atoms with van der Waals surface area (Å²) in [6, 6.07) is 11.3. The van der Waals surface area contributed by atoms with E-state index in [-0.39, 0.29) is 18.4 Å². The van der Waals surface area contributed by atoms with Gasteiger partial charge in [0.2, 0.25) is 6.79 Å². The second kappa shape index (κ2) is 5.54. The van der Waals surface area contributed by atoms with Crippen molar-refractivity contribution >= 4 is 12.1 Å². The maximum Gasteiger partial charge on any atom is 0.271 e. The minimum Gasteiger partial charge on any atom is -0.508 e. The van der Waals surface area contributed by atoms with E-state index in [4.69, 9.17) is 14.6 Å². The molecule has 0 bridgehead atoms. The van der Waals surface area contributed by atoms with Gasteiger partial charge in [-0.15, -0.1) is 0 Å². The molecule has 0 atom stereocenters. The SMILES string of the molecule is O=C(NN=Cc1ccc2c(c1)OCO2)c1ccc(O)cc1. The Balaban J connectivity index is 1.64. The topological polar surface area (TPSA) is 80.2 Å². The first-order valence-corrected chi connectivity index (χ1v) is 6.24. The first-order valence-electron chi connectivity index (χ1n) is 6.24. The number of amides is 1. The minimum absolute atomic E-state index is 0.107. The number of hydrogen-bond acceptors (Lipinski definition) is 5. The molecule has 0 saturated heterocycles. The van der Waals surface area contributed by atoms with Crippen LogP contribution in [0.1, 0.15) is 15.9 Å². The maximum absolute atomic E-state index is 11.8. The number of fused-ring (bicyclic) bond motifs is 1. The number of carbonyl (C=O) groups is 1. The molecule has 0 fully saturated rings. The molecule has 0 aliphatic carbocycles. The van der Waals surface area contributed by atoms with Crippen LogP contribution in [0.3, 0.4) is 0 Å². The number of aromatic hydroxyl groups is 1. The molecule has 106 valence electrons. The molecule has 6 heteroatoms. The Morgan fingerprint density at radius 2 is 1.90 bits per heavy atom. The Bertz CT molecular complexity index is 695. The third-order valence-electron chi connectivity index (χ3n) is 2.91. The van der Waals surface area contributed by atoms with E-state index in [2.05, 4.69) is 10.5 Å². The number of rotatable bonds is 3. The van der Waals surface area contributed by atoms with Gasteiger partial charge < -0.3 is 14.6 Å². The lowest BCUT2D eigenvalue weighted by molar-refractivity contribution is 0.0955. The zero-order chi connectivity index (χ0) is 14.7. The average molecular weight is 284 g/mol. The van der Waals surface area contributed by atoms with Gasteiger partial charge in [0.05, 0.1) is 6.21 Å². The number of hydrogen-bond donors (Lipinski definition) is 2. The second-order valence-corrected chi connectivity index (χ2v) is 4.36. The Kier molecular flexibility index (Phi) is 3.42. The number of nitrogens with one attached hydrogen (secondary N) is 1. The van der Waals surface area contributed by atoms with Crippen LogP contribution in [-0.2, 0) is 0 Å². The van der Waals surface area contributed by atoms with Crippen LogP contribution in [0, 0.1) is 0 Å². The first-order chi connectivity index (χ1) is 10.2. The van der Waals surface area contributed by atoms with Gasteiger partial charge in [-0.2, -0.15) is 5.10 Å². The van der Waals surface area contributed by atoms with Gasteiger partial charge in [-0.1, -0.05) is 0 Å². The summed E-state index contributed by atoms with van der Waals surface area (Å²) in [6.07, 6.45) is 1.51. The summed E-state index contributed by atoms with van der Waals surface area (Å²) < 4.78 is 10.5. The van der Waals surface area contributed by atoms with E-state index in [1.54, 1.807) is 12.1 Å². The fourth-order valence-electron chi connectivity index (χ4n) is 1.84. The molecule has 1 amide bonds. The summed E-state index contributed by atoms with van der Waals surface area (Å²) in [6.45, 7) is 0.216. The van der Waals surface area contributed by atoms with Gasteiger partial charge in [-0.05, 0) is 48.0 Å². The Labute approximate surface area is 120 Å². The summed E-state index contributed by atoms with van der Waals surface area (Å²) in [5, 5.41) is 13.0. The van der Waals surface area contributed by atoms with Crippen LogP contribution in [0.15, 0.2) is 47.6 Å². The molecule has 0 radical (unpaired) electrons. The standard InChI is InChI=1S/C15H12N2O4/c18-12-4-2-11(3-5-12)15(19)17-16-8-10-1-6-13-14(7-10)21-9-20-13/h1-8,18H,9H2,(H,17,19). The Morgan fingerprint density at radius 1 is 1.14 bits per heavy atom. The predicted octanol–water partition coefficient (Wildman–Crippen LogP) is 1.88. The molecule has 3 rings (SSSR count). The monoisotopic (exact) mass is 284 g/mol. The Hall–Kier alpha value is -3.02. The molecule has 0 unspecified atom stereocenters. The van der Waals surface area contributed by atoms with Crippen molar-refractivity contribution < 1.29 is 19.4 Å². The lowest BCUT2D eigenvalue weighted by Crippen LogP contribution is -2.17. The molecular formula is C15H12N2O4. The third-order valence-corrected chi connectivity index (χ3v) is 2.91. The van der Waals surface area contributed by atoms with Crippen molar-refractivity contribution in [2.24, 2.45) is 5.10 Å². The number of hydrazone groups is 1. The molecule has 1 aliphatic heterocycles. The highest BCUT2D eigenvalue weighted by atomic mass is 16.7. The van der Waals surface area contributed by atoms with Crippen molar-refractivity contribution in [1.82, 2.24) is 5.43 Å². The molecule has 2 N–H and O–H groups in total. The van der Waals surface area contributed by atoms with E-state index >= 15 is 0 Å². The average Bonchev–Trinajstić information content (AvgIpc) is 2.95. The number of benzene rings is 2. The summed E-state index contributed by atoms with van der Waals surface area (Å²) in [4.78, 5) is 11.8. The second-order valence-electron chi connectivity index (χ2n) is 4.36. The van der Waals surface area contributed by atoms with Gasteiger partial charge in [0.25, 0.3) is 5.91 Å². The fraction of sp³-hybridized carbons (Fsp3) is 0.0667. The van der Waals surface area contributed by atoms with E-state index in [1.807, 2.05) is 6.07 Å². The van der Waals surface area contributed by atoms with Crippen LogP contribution < -0.4 is 14.9 Å². The van der Waals surface area contributed by atoms with Gasteiger partial charge in [-0.25, -0.2) is 5.43 Å². The van der Waals surface area contributed by atoms with Gasteiger partial charge in [0.15, 0.2) is 11.5 Å². The lowest BCUT2D eigenvalue weighted by Gasteiger charge is -2.00. The van der Waals surface area contributed by atoms with Crippen LogP contribution in [0.25, 0.3) is 0 Å². The molecular weight excluding hydrogens is 272 g/mol. The van der Waals surface area contributed by atoms with Crippen molar-refractivity contribution in [3.05, 3.63) is 53.6 Å². The molecule has 6 nitrogen and oxygen atoms in total. The molecule has 2 aromatic rings. The van der Waals surface area contributed by atoms with Crippen LogP contribution in [0.4, 0.5) is 0 Å². The zero-order valence-corrected chi connectivity index (χ0v) is 10.9. The van der Waals surface area contributed by atoms with Crippen molar-refractivity contribution in [3.8, 4) is 17.2 Å². The van der Waals surface area contributed by atoms with Crippen LogP contribution >= 0.6 is 0 Å².